The summed E-state index contributed by atoms with van der Waals surface area (Å²) < 4.78 is 5.30. The topological polar surface area (TPSA) is 86.3 Å². The lowest BCUT2D eigenvalue weighted by atomic mass is 9.99. The number of aliphatic imine (C=N–C) groups is 1. The van der Waals surface area contributed by atoms with E-state index in [2.05, 4.69) is 32.7 Å². The molecule has 0 aliphatic carbocycles. The Hall–Kier alpha value is -2.30. The summed E-state index contributed by atoms with van der Waals surface area (Å²) in [6, 6.07) is 7.75. The van der Waals surface area contributed by atoms with E-state index in [1.807, 2.05) is 18.2 Å². The van der Waals surface area contributed by atoms with Crippen LogP contribution in [0.1, 0.15) is 12.0 Å². The Bertz CT molecular complexity index is 765. The van der Waals surface area contributed by atoms with Crippen LogP contribution in [0.15, 0.2) is 35.3 Å². The molecule has 28 heavy (non-hydrogen) atoms. The van der Waals surface area contributed by atoms with Crippen LogP contribution in [0.5, 0.6) is 5.75 Å². The second-order valence-corrected chi connectivity index (χ2v) is 6.34. The Kier molecular flexibility index (Phi) is 8.09. The summed E-state index contributed by atoms with van der Waals surface area (Å²) in [5, 5.41) is 5.75. The van der Waals surface area contributed by atoms with Crippen molar-refractivity contribution in [3.8, 4) is 5.75 Å². The summed E-state index contributed by atoms with van der Waals surface area (Å²) in [5.74, 6) is 1.43. The third kappa shape index (κ3) is 5.15. The van der Waals surface area contributed by atoms with Crippen molar-refractivity contribution in [2.75, 3.05) is 46.9 Å². The number of rotatable bonds is 5. The van der Waals surface area contributed by atoms with Crippen molar-refractivity contribution in [3.63, 3.8) is 0 Å². The number of amides is 3. The van der Waals surface area contributed by atoms with Crippen molar-refractivity contribution in [2.24, 2.45) is 4.99 Å². The van der Waals surface area contributed by atoms with E-state index in [1.165, 1.54) is 16.0 Å². The number of benzene rings is 1. The summed E-state index contributed by atoms with van der Waals surface area (Å²) in [4.78, 5) is 30.8. The lowest BCUT2D eigenvalue weighted by Crippen LogP contribution is -2.46. The number of hydrogen-bond donors (Lipinski definition) is 2. The van der Waals surface area contributed by atoms with Gasteiger partial charge in [0.15, 0.2) is 5.96 Å². The fourth-order valence-electron chi connectivity index (χ4n) is 3.24. The largest absolute Gasteiger partial charge is 0.497 e. The van der Waals surface area contributed by atoms with E-state index in [4.69, 9.17) is 4.74 Å². The van der Waals surface area contributed by atoms with Crippen molar-refractivity contribution in [3.05, 3.63) is 35.9 Å². The van der Waals surface area contributed by atoms with Crippen LogP contribution in [0.3, 0.4) is 0 Å². The molecule has 0 aromatic heterocycles. The molecule has 0 radical (unpaired) electrons. The van der Waals surface area contributed by atoms with E-state index in [9.17, 15) is 9.59 Å². The minimum atomic E-state index is -0.333. The SMILES string of the molecule is CN=C(NCCN1C(=O)CNC1=O)N1CC=C(c2cccc(OC)c2)CC1.I. The molecule has 0 spiro atoms. The van der Waals surface area contributed by atoms with Gasteiger partial charge in [-0.05, 0) is 29.7 Å². The first kappa shape index (κ1) is 22.0. The van der Waals surface area contributed by atoms with Crippen molar-refractivity contribution in [2.45, 2.75) is 6.42 Å². The number of methoxy groups -OCH3 is 1. The average Bonchev–Trinajstić information content (AvgIpc) is 3.03. The molecular weight excluding hydrogens is 473 g/mol. The van der Waals surface area contributed by atoms with Crippen LogP contribution in [0, 0.1) is 0 Å². The zero-order chi connectivity index (χ0) is 19.2. The Morgan fingerprint density at radius 1 is 1.36 bits per heavy atom. The predicted octanol–water partition coefficient (Wildman–Crippen LogP) is 1.53. The Morgan fingerprint density at radius 2 is 2.18 bits per heavy atom. The number of urea groups is 1. The molecule has 2 N–H and O–H groups in total. The second kappa shape index (κ2) is 10.3. The first-order chi connectivity index (χ1) is 13.1. The standard InChI is InChI=1S/C19H25N5O3.HI/c1-20-18(21-8-11-24-17(25)13-22-19(24)26)23-9-6-14(7-10-23)15-4-3-5-16(12-15)27-2;/h3-6,12H,7-11,13H2,1-2H3,(H,20,21)(H,22,26);1H. The molecule has 0 bridgehead atoms. The van der Waals surface area contributed by atoms with Gasteiger partial charge in [0.25, 0.3) is 0 Å². The highest BCUT2D eigenvalue weighted by Gasteiger charge is 2.27. The van der Waals surface area contributed by atoms with Crippen LogP contribution in [-0.4, -0.2) is 74.6 Å². The van der Waals surface area contributed by atoms with Gasteiger partial charge in [-0.2, -0.15) is 0 Å². The zero-order valence-electron chi connectivity index (χ0n) is 16.1. The van der Waals surface area contributed by atoms with Crippen LogP contribution < -0.4 is 15.4 Å². The number of imide groups is 1. The van der Waals surface area contributed by atoms with Gasteiger partial charge in [-0.15, -0.1) is 24.0 Å². The molecule has 1 aromatic rings. The van der Waals surface area contributed by atoms with Crippen molar-refractivity contribution in [1.29, 1.82) is 0 Å². The number of nitrogens with one attached hydrogen (secondary N) is 2. The molecule has 0 atom stereocenters. The summed E-state index contributed by atoms with van der Waals surface area (Å²) >= 11 is 0. The van der Waals surface area contributed by atoms with Crippen molar-refractivity contribution < 1.29 is 14.3 Å². The van der Waals surface area contributed by atoms with Crippen molar-refractivity contribution >= 4 is 47.4 Å². The molecular formula is C19H26IN5O3. The molecule has 1 fully saturated rings. The van der Waals surface area contributed by atoms with Crippen LogP contribution in [-0.2, 0) is 4.79 Å². The van der Waals surface area contributed by atoms with Gasteiger partial charge in [0.05, 0.1) is 13.7 Å². The van der Waals surface area contributed by atoms with E-state index >= 15 is 0 Å². The Morgan fingerprint density at radius 3 is 2.79 bits per heavy atom. The number of carbonyl (C=O) groups is 2. The maximum atomic E-state index is 11.6. The molecule has 152 valence electrons. The van der Waals surface area contributed by atoms with Gasteiger partial charge < -0.3 is 20.3 Å². The van der Waals surface area contributed by atoms with Crippen LogP contribution >= 0.6 is 24.0 Å². The lowest BCUT2D eigenvalue weighted by Gasteiger charge is -2.30. The second-order valence-electron chi connectivity index (χ2n) is 6.34. The van der Waals surface area contributed by atoms with E-state index in [0.29, 0.717) is 13.1 Å². The highest BCUT2D eigenvalue weighted by molar-refractivity contribution is 14.0. The van der Waals surface area contributed by atoms with Crippen molar-refractivity contribution in [1.82, 2.24) is 20.4 Å². The molecule has 3 rings (SSSR count). The first-order valence-electron chi connectivity index (χ1n) is 8.99. The smallest absolute Gasteiger partial charge is 0.324 e. The maximum Gasteiger partial charge on any atom is 0.324 e. The highest BCUT2D eigenvalue weighted by atomic mass is 127. The molecule has 2 heterocycles. The number of carbonyl (C=O) groups excluding carboxylic acids is 2. The van der Waals surface area contributed by atoms with E-state index < -0.39 is 0 Å². The molecule has 1 aromatic carbocycles. The van der Waals surface area contributed by atoms with Gasteiger partial charge in [0.1, 0.15) is 5.75 Å². The molecule has 0 unspecified atom stereocenters. The summed E-state index contributed by atoms with van der Waals surface area (Å²) in [5.41, 5.74) is 2.47. The number of guanidine groups is 1. The monoisotopic (exact) mass is 499 g/mol. The number of hydrogen-bond acceptors (Lipinski definition) is 4. The Balaban J connectivity index is 0.00000280. The molecule has 0 saturated carbocycles. The van der Waals surface area contributed by atoms with E-state index in [1.54, 1.807) is 14.2 Å². The Labute approximate surface area is 182 Å². The average molecular weight is 499 g/mol. The zero-order valence-corrected chi connectivity index (χ0v) is 18.4. The first-order valence-corrected chi connectivity index (χ1v) is 8.99. The van der Waals surface area contributed by atoms with Gasteiger partial charge in [-0.25, -0.2) is 4.79 Å². The quantitative estimate of drug-likeness (QED) is 0.278. The van der Waals surface area contributed by atoms with Gasteiger partial charge in [-0.3, -0.25) is 14.7 Å². The number of nitrogens with zero attached hydrogens (tertiary/aromatic N) is 3. The van der Waals surface area contributed by atoms with E-state index in [-0.39, 0.29) is 42.5 Å². The lowest BCUT2D eigenvalue weighted by molar-refractivity contribution is -0.124. The molecule has 1 saturated heterocycles. The molecule has 9 heteroatoms. The van der Waals surface area contributed by atoms with E-state index in [0.717, 1.165) is 31.2 Å². The number of halogens is 1. The van der Waals surface area contributed by atoms with Crippen LogP contribution in [0.25, 0.3) is 5.57 Å². The fourth-order valence-corrected chi connectivity index (χ4v) is 3.24. The van der Waals surface area contributed by atoms with Gasteiger partial charge in [0.2, 0.25) is 5.91 Å². The molecule has 3 amide bonds. The summed E-state index contributed by atoms with van der Waals surface area (Å²) in [7, 11) is 3.41. The third-order valence-corrected chi connectivity index (χ3v) is 4.72. The maximum absolute atomic E-state index is 11.6. The predicted molar refractivity (Wildman–Crippen MR) is 119 cm³/mol. The van der Waals surface area contributed by atoms with Crippen LogP contribution in [0.4, 0.5) is 4.79 Å². The fraction of sp³-hybridized carbons (Fsp3) is 0.421. The van der Waals surface area contributed by atoms with Gasteiger partial charge in [-0.1, -0.05) is 18.2 Å². The normalized spacial score (nSPS) is 17.1. The summed E-state index contributed by atoms with van der Waals surface area (Å²) in [6.07, 6.45) is 3.10. The third-order valence-electron chi connectivity index (χ3n) is 4.72. The van der Waals surface area contributed by atoms with Crippen LogP contribution in [0.2, 0.25) is 0 Å². The van der Waals surface area contributed by atoms with Gasteiger partial charge in [0, 0.05) is 33.2 Å². The molecule has 8 nitrogen and oxygen atoms in total. The van der Waals surface area contributed by atoms with Gasteiger partial charge >= 0.3 is 6.03 Å². The molecule has 2 aliphatic heterocycles. The molecule has 2 aliphatic rings. The number of ether oxygens (including phenoxy) is 1. The highest BCUT2D eigenvalue weighted by Crippen LogP contribution is 2.25. The minimum absolute atomic E-state index is 0. The minimum Gasteiger partial charge on any atom is -0.497 e. The summed E-state index contributed by atoms with van der Waals surface area (Å²) in [6.45, 7) is 2.45.